The van der Waals surface area contributed by atoms with Crippen molar-refractivity contribution < 1.29 is 14.4 Å². The molecule has 34 heavy (non-hydrogen) atoms. The molecule has 7 nitrogen and oxygen atoms in total. The molecule has 1 atom stereocenters. The molecule has 0 spiro atoms. The summed E-state index contributed by atoms with van der Waals surface area (Å²) in [7, 11) is 0. The number of benzene rings is 1. The number of hydrogen-bond donors (Lipinski definition) is 2. The number of carbonyl (C=O) groups excluding carboxylic acids is 3. The van der Waals surface area contributed by atoms with Gasteiger partial charge in [0, 0.05) is 12.2 Å². The molecule has 2 N–H and O–H groups in total. The second-order valence-electron chi connectivity index (χ2n) is 8.44. The van der Waals surface area contributed by atoms with Crippen molar-refractivity contribution in [2.75, 3.05) is 11.4 Å². The molecule has 1 aromatic carbocycles. The molecule has 1 aliphatic carbocycles. The van der Waals surface area contributed by atoms with Gasteiger partial charge in [0.25, 0.3) is 5.91 Å². The number of thiophene rings is 1. The van der Waals surface area contributed by atoms with E-state index in [-0.39, 0.29) is 24.4 Å². The van der Waals surface area contributed by atoms with Gasteiger partial charge in [-0.2, -0.15) is 0 Å². The number of rotatable bonds is 8. The number of amides is 3. The first-order valence-electron chi connectivity index (χ1n) is 11.4. The van der Waals surface area contributed by atoms with Gasteiger partial charge in [-0.25, -0.2) is 0 Å². The Morgan fingerprint density at radius 1 is 1.09 bits per heavy atom. The first-order chi connectivity index (χ1) is 16.5. The molecule has 0 saturated heterocycles. The fraction of sp³-hybridized carbons (Fsp3) is 0.308. The zero-order valence-corrected chi connectivity index (χ0v) is 19.9. The lowest BCUT2D eigenvalue weighted by Gasteiger charge is -2.32. The molecule has 8 heteroatoms. The largest absolute Gasteiger partial charge is 0.351 e. The van der Waals surface area contributed by atoms with Crippen molar-refractivity contribution in [3.63, 3.8) is 0 Å². The molecule has 3 aromatic rings. The number of aromatic nitrogens is 1. The van der Waals surface area contributed by atoms with Gasteiger partial charge in [-0.05, 0) is 48.9 Å². The van der Waals surface area contributed by atoms with Gasteiger partial charge >= 0.3 is 0 Å². The Balaban J connectivity index is 1.65. The standard InChI is InChI=1S/C26H28N4O3S/c1-18-10-12-19(13-11-18)24(26(33)29-20-6-2-3-7-20)30(21-8-4-14-27-16-21)23(31)17-28-25(32)22-9-5-15-34-22/h4-5,8-16,20,24H,2-3,6-7,17H2,1H3,(H,28,32)(H,29,33)/t24-/m1/s1. The minimum Gasteiger partial charge on any atom is -0.351 e. The minimum atomic E-state index is -0.892. The Morgan fingerprint density at radius 3 is 2.50 bits per heavy atom. The lowest BCUT2D eigenvalue weighted by atomic mass is 10.0. The highest BCUT2D eigenvalue weighted by atomic mass is 32.1. The fourth-order valence-corrected chi connectivity index (χ4v) is 4.83. The van der Waals surface area contributed by atoms with Crippen molar-refractivity contribution in [2.45, 2.75) is 44.7 Å². The number of nitrogens with zero attached hydrogens (tertiary/aromatic N) is 2. The monoisotopic (exact) mass is 476 g/mol. The highest BCUT2D eigenvalue weighted by molar-refractivity contribution is 7.12. The van der Waals surface area contributed by atoms with E-state index < -0.39 is 11.9 Å². The summed E-state index contributed by atoms with van der Waals surface area (Å²) in [6.07, 6.45) is 7.21. The van der Waals surface area contributed by atoms with Crippen molar-refractivity contribution in [3.05, 3.63) is 82.3 Å². The summed E-state index contributed by atoms with van der Waals surface area (Å²) in [4.78, 5) is 45.7. The van der Waals surface area contributed by atoms with Crippen LogP contribution in [-0.4, -0.2) is 35.3 Å². The van der Waals surface area contributed by atoms with Crippen molar-refractivity contribution >= 4 is 34.7 Å². The zero-order valence-electron chi connectivity index (χ0n) is 19.1. The summed E-state index contributed by atoms with van der Waals surface area (Å²) in [6, 6.07) is 13.8. The van der Waals surface area contributed by atoms with E-state index in [1.54, 1.807) is 42.0 Å². The van der Waals surface area contributed by atoms with E-state index in [9.17, 15) is 14.4 Å². The Morgan fingerprint density at radius 2 is 1.85 bits per heavy atom. The minimum absolute atomic E-state index is 0.102. The van der Waals surface area contributed by atoms with Crippen molar-refractivity contribution in [3.8, 4) is 0 Å². The summed E-state index contributed by atoms with van der Waals surface area (Å²) in [6.45, 7) is 1.73. The fourth-order valence-electron chi connectivity index (χ4n) is 4.19. The number of carbonyl (C=O) groups is 3. The summed E-state index contributed by atoms with van der Waals surface area (Å²) in [5.41, 5.74) is 2.24. The molecule has 1 fully saturated rings. The molecule has 0 bridgehead atoms. The maximum atomic E-state index is 13.6. The summed E-state index contributed by atoms with van der Waals surface area (Å²) in [5.74, 6) is -0.959. The van der Waals surface area contributed by atoms with Crippen LogP contribution in [0.25, 0.3) is 0 Å². The summed E-state index contributed by atoms with van der Waals surface area (Å²) < 4.78 is 0. The van der Waals surface area contributed by atoms with Gasteiger partial charge in [0.05, 0.1) is 23.3 Å². The molecule has 2 heterocycles. The van der Waals surface area contributed by atoms with E-state index in [0.29, 0.717) is 16.1 Å². The van der Waals surface area contributed by atoms with Gasteiger partial charge < -0.3 is 10.6 Å². The van der Waals surface area contributed by atoms with E-state index in [4.69, 9.17) is 0 Å². The van der Waals surface area contributed by atoms with Crippen LogP contribution < -0.4 is 15.5 Å². The van der Waals surface area contributed by atoms with Crippen molar-refractivity contribution in [2.24, 2.45) is 0 Å². The second kappa shape index (κ2) is 11.1. The quantitative estimate of drug-likeness (QED) is 0.514. The lowest BCUT2D eigenvalue weighted by Crippen LogP contribution is -2.49. The SMILES string of the molecule is Cc1ccc([C@H](C(=O)NC2CCCC2)N(C(=O)CNC(=O)c2cccs2)c2cccnc2)cc1. The van der Waals surface area contributed by atoms with Gasteiger partial charge in [0.15, 0.2) is 0 Å². The van der Waals surface area contributed by atoms with E-state index in [2.05, 4.69) is 15.6 Å². The third kappa shape index (κ3) is 5.69. The number of aryl methyl sites for hydroxylation is 1. The van der Waals surface area contributed by atoms with Crippen LogP contribution in [0.2, 0.25) is 0 Å². The van der Waals surface area contributed by atoms with Crippen LogP contribution >= 0.6 is 11.3 Å². The Kier molecular flexibility index (Phi) is 7.69. The molecular formula is C26H28N4O3S. The third-order valence-corrected chi connectivity index (χ3v) is 6.81. The van der Waals surface area contributed by atoms with Gasteiger partial charge in [-0.3, -0.25) is 24.3 Å². The predicted molar refractivity (Wildman–Crippen MR) is 133 cm³/mol. The molecule has 1 saturated carbocycles. The Bertz CT molecular complexity index is 1110. The average Bonchev–Trinajstić information content (AvgIpc) is 3.57. The van der Waals surface area contributed by atoms with Crippen LogP contribution in [0.5, 0.6) is 0 Å². The Hall–Kier alpha value is -3.52. The number of nitrogens with one attached hydrogen (secondary N) is 2. The van der Waals surface area contributed by atoms with Gasteiger partial charge in [0.2, 0.25) is 11.8 Å². The first-order valence-corrected chi connectivity index (χ1v) is 12.3. The molecule has 0 aliphatic heterocycles. The number of anilines is 1. The molecule has 0 unspecified atom stereocenters. The number of hydrogen-bond acceptors (Lipinski definition) is 5. The van der Waals surface area contributed by atoms with Crippen LogP contribution in [0.1, 0.15) is 52.5 Å². The highest BCUT2D eigenvalue weighted by Crippen LogP contribution is 2.29. The lowest BCUT2D eigenvalue weighted by molar-refractivity contribution is -0.126. The topological polar surface area (TPSA) is 91.4 Å². The summed E-state index contributed by atoms with van der Waals surface area (Å²) in [5, 5.41) is 7.64. The van der Waals surface area contributed by atoms with Gasteiger partial charge in [-0.1, -0.05) is 48.7 Å². The first kappa shape index (κ1) is 23.6. The van der Waals surface area contributed by atoms with Crippen LogP contribution in [0.15, 0.2) is 66.3 Å². The van der Waals surface area contributed by atoms with Crippen LogP contribution in [0.4, 0.5) is 5.69 Å². The van der Waals surface area contributed by atoms with Gasteiger partial charge in [-0.15, -0.1) is 11.3 Å². The van der Waals surface area contributed by atoms with Crippen LogP contribution in [0, 0.1) is 6.92 Å². The normalized spacial score (nSPS) is 14.4. The second-order valence-corrected chi connectivity index (χ2v) is 9.39. The maximum Gasteiger partial charge on any atom is 0.261 e. The molecule has 3 amide bonds. The van der Waals surface area contributed by atoms with E-state index >= 15 is 0 Å². The smallest absolute Gasteiger partial charge is 0.261 e. The van der Waals surface area contributed by atoms with Crippen LogP contribution in [0.3, 0.4) is 0 Å². The average molecular weight is 477 g/mol. The molecule has 176 valence electrons. The van der Waals surface area contributed by atoms with Crippen molar-refractivity contribution in [1.29, 1.82) is 0 Å². The van der Waals surface area contributed by atoms with E-state index in [1.165, 1.54) is 16.2 Å². The zero-order chi connectivity index (χ0) is 23.9. The summed E-state index contributed by atoms with van der Waals surface area (Å²) >= 11 is 1.30. The van der Waals surface area contributed by atoms with E-state index in [0.717, 1.165) is 31.2 Å². The number of pyridine rings is 1. The van der Waals surface area contributed by atoms with Crippen molar-refractivity contribution in [1.82, 2.24) is 15.6 Å². The maximum absolute atomic E-state index is 13.6. The Labute approximate surface area is 203 Å². The third-order valence-electron chi connectivity index (χ3n) is 5.94. The highest BCUT2D eigenvalue weighted by Gasteiger charge is 2.34. The predicted octanol–water partition coefficient (Wildman–Crippen LogP) is 4.01. The molecular weight excluding hydrogens is 448 g/mol. The van der Waals surface area contributed by atoms with Crippen LogP contribution in [-0.2, 0) is 9.59 Å². The molecule has 0 radical (unpaired) electrons. The van der Waals surface area contributed by atoms with Gasteiger partial charge in [0.1, 0.15) is 6.04 Å². The molecule has 1 aliphatic rings. The molecule has 4 rings (SSSR count). The molecule has 2 aromatic heterocycles. The van der Waals surface area contributed by atoms with E-state index in [1.807, 2.05) is 31.2 Å².